The lowest BCUT2D eigenvalue weighted by Gasteiger charge is -2.38. The minimum atomic E-state index is -0.930. The number of ether oxygens (including phenoxy) is 1. The molecule has 2 unspecified atom stereocenters. The van der Waals surface area contributed by atoms with Crippen molar-refractivity contribution in [3.8, 4) is 0 Å². The first-order valence-corrected chi connectivity index (χ1v) is 8.12. The van der Waals surface area contributed by atoms with Gasteiger partial charge >= 0.3 is 0 Å². The predicted molar refractivity (Wildman–Crippen MR) is 92.9 cm³/mol. The first kappa shape index (κ1) is 17.8. The lowest BCUT2D eigenvalue weighted by Crippen LogP contribution is -2.53. The number of nitrogens with one attached hydrogen (secondary N) is 2. The Labute approximate surface area is 149 Å². The van der Waals surface area contributed by atoms with E-state index in [1.807, 2.05) is 0 Å². The van der Waals surface area contributed by atoms with E-state index in [0.29, 0.717) is 29.4 Å². The number of hydrogen-bond donors (Lipinski definition) is 3. The molecule has 0 radical (unpaired) electrons. The van der Waals surface area contributed by atoms with Gasteiger partial charge in [0.05, 0.1) is 5.02 Å². The molecule has 1 aromatic carbocycles. The van der Waals surface area contributed by atoms with Crippen molar-refractivity contribution in [3.05, 3.63) is 58.6 Å². The Kier molecular flexibility index (Phi) is 5.01. The largest absolute Gasteiger partial charge is 0.350 e. The summed E-state index contributed by atoms with van der Waals surface area (Å²) >= 11 is 5.76. The smallest absolute Gasteiger partial charge is 0.274 e. The van der Waals surface area contributed by atoms with Crippen LogP contribution in [0.4, 0.5) is 10.1 Å². The van der Waals surface area contributed by atoms with Gasteiger partial charge in [-0.3, -0.25) is 4.79 Å². The molecule has 1 aliphatic heterocycles. The Morgan fingerprint density at radius 3 is 2.96 bits per heavy atom. The topological polar surface area (TPSA) is 89.3 Å². The molecule has 25 heavy (non-hydrogen) atoms. The Bertz CT molecular complexity index is 787. The van der Waals surface area contributed by atoms with Crippen molar-refractivity contribution < 1.29 is 13.9 Å². The lowest BCUT2D eigenvalue weighted by atomic mass is 9.93. The molecule has 1 saturated heterocycles. The molecule has 2 heterocycles. The molecular weight excluding hydrogens is 347 g/mol. The zero-order chi connectivity index (χ0) is 18.0. The minimum absolute atomic E-state index is 0.207. The van der Waals surface area contributed by atoms with Crippen molar-refractivity contribution in [2.24, 2.45) is 5.73 Å². The molecule has 4 N–H and O–H groups in total. The number of hydrogen-bond acceptors (Lipinski definition) is 5. The number of aromatic nitrogens is 1. The summed E-state index contributed by atoms with van der Waals surface area (Å²) in [6.45, 7) is 2.66. The molecule has 8 heteroatoms. The van der Waals surface area contributed by atoms with Crippen molar-refractivity contribution in [2.75, 3.05) is 18.4 Å². The van der Waals surface area contributed by atoms with E-state index in [2.05, 4.69) is 15.6 Å². The molecule has 0 aliphatic carbocycles. The van der Waals surface area contributed by atoms with Gasteiger partial charge in [-0.15, -0.1) is 0 Å². The van der Waals surface area contributed by atoms with Crippen LogP contribution in [0, 0.1) is 5.82 Å². The number of carbonyl (C=O) groups excluding carboxylic acids is 1. The van der Waals surface area contributed by atoms with Crippen LogP contribution in [0.5, 0.6) is 0 Å². The third kappa shape index (κ3) is 3.96. The highest BCUT2D eigenvalue weighted by Gasteiger charge is 2.35. The first-order chi connectivity index (χ1) is 11.9. The molecule has 0 bridgehead atoms. The SMILES string of the molecule is CC1(c2cc(NC(=O)c3ccc(Cl)cn3)ccc2F)CNCC(N)O1. The van der Waals surface area contributed by atoms with Crippen molar-refractivity contribution in [2.45, 2.75) is 18.8 Å². The Morgan fingerprint density at radius 2 is 2.28 bits per heavy atom. The van der Waals surface area contributed by atoms with Crippen LogP contribution in [0.2, 0.25) is 5.02 Å². The normalized spacial score (nSPS) is 23.3. The molecule has 2 atom stereocenters. The van der Waals surface area contributed by atoms with Gasteiger partial charge in [-0.2, -0.15) is 0 Å². The molecule has 1 aliphatic rings. The minimum Gasteiger partial charge on any atom is -0.350 e. The maximum absolute atomic E-state index is 14.3. The number of nitrogens with two attached hydrogens (primary N) is 1. The van der Waals surface area contributed by atoms with Crippen LogP contribution in [0.25, 0.3) is 0 Å². The first-order valence-electron chi connectivity index (χ1n) is 7.74. The number of amides is 1. The quantitative estimate of drug-likeness (QED) is 0.777. The van der Waals surface area contributed by atoms with Gasteiger partial charge in [-0.25, -0.2) is 9.37 Å². The average molecular weight is 365 g/mol. The molecular formula is C17H18ClFN4O2. The van der Waals surface area contributed by atoms with Crippen LogP contribution in [-0.4, -0.2) is 30.2 Å². The highest BCUT2D eigenvalue weighted by Crippen LogP contribution is 2.31. The van der Waals surface area contributed by atoms with Gasteiger partial charge in [0, 0.05) is 30.5 Å². The van der Waals surface area contributed by atoms with Gasteiger partial charge in [-0.1, -0.05) is 11.6 Å². The van der Waals surface area contributed by atoms with Gasteiger partial charge in [-0.05, 0) is 37.3 Å². The monoisotopic (exact) mass is 364 g/mol. The predicted octanol–water partition coefficient (Wildman–Crippen LogP) is 2.25. The van der Waals surface area contributed by atoms with Crippen LogP contribution in [0.15, 0.2) is 36.5 Å². The van der Waals surface area contributed by atoms with Gasteiger partial charge in [0.15, 0.2) is 0 Å². The number of rotatable bonds is 3. The maximum Gasteiger partial charge on any atom is 0.274 e. The zero-order valence-corrected chi connectivity index (χ0v) is 14.3. The van der Waals surface area contributed by atoms with Crippen molar-refractivity contribution in [3.63, 3.8) is 0 Å². The van der Waals surface area contributed by atoms with Crippen molar-refractivity contribution in [1.29, 1.82) is 0 Å². The summed E-state index contributed by atoms with van der Waals surface area (Å²) in [6, 6.07) is 7.39. The Balaban J connectivity index is 1.84. The molecule has 0 saturated carbocycles. The van der Waals surface area contributed by atoms with E-state index < -0.39 is 23.6 Å². The summed E-state index contributed by atoms with van der Waals surface area (Å²) in [4.78, 5) is 16.2. The second-order valence-corrected chi connectivity index (χ2v) is 6.46. The molecule has 1 aromatic heterocycles. The van der Waals surface area contributed by atoms with Crippen molar-refractivity contribution >= 4 is 23.2 Å². The number of anilines is 1. The number of morpholine rings is 1. The molecule has 132 valence electrons. The van der Waals surface area contributed by atoms with E-state index in [1.165, 1.54) is 24.4 Å². The summed E-state index contributed by atoms with van der Waals surface area (Å²) in [5.74, 6) is -0.847. The summed E-state index contributed by atoms with van der Waals surface area (Å²) in [5.41, 5.74) is 5.84. The fourth-order valence-corrected chi connectivity index (χ4v) is 2.85. The van der Waals surface area contributed by atoms with Crippen molar-refractivity contribution in [1.82, 2.24) is 10.3 Å². The lowest BCUT2D eigenvalue weighted by molar-refractivity contribution is -0.109. The number of halogens is 2. The van der Waals surface area contributed by atoms with E-state index in [1.54, 1.807) is 19.1 Å². The molecule has 0 spiro atoms. The third-order valence-electron chi connectivity index (χ3n) is 3.97. The van der Waals surface area contributed by atoms with E-state index in [-0.39, 0.29) is 5.69 Å². The molecule has 2 aromatic rings. The van der Waals surface area contributed by atoms with E-state index in [9.17, 15) is 9.18 Å². The Hall–Kier alpha value is -2.06. The summed E-state index contributed by atoms with van der Waals surface area (Å²) in [6.07, 6.45) is 0.853. The highest BCUT2D eigenvalue weighted by atomic mass is 35.5. The van der Waals surface area contributed by atoms with Crippen LogP contribution in [-0.2, 0) is 10.3 Å². The maximum atomic E-state index is 14.3. The van der Waals surface area contributed by atoms with Crippen LogP contribution in [0.3, 0.4) is 0 Å². The summed E-state index contributed by atoms with van der Waals surface area (Å²) in [7, 11) is 0. The van der Waals surface area contributed by atoms with Crippen LogP contribution < -0.4 is 16.4 Å². The molecule has 6 nitrogen and oxygen atoms in total. The standard InChI is InChI=1S/C17H18ClFN4O2/c1-17(9-21-8-15(20)25-17)12-6-11(3-4-13(12)19)23-16(24)14-5-2-10(18)7-22-14/h2-7,15,21H,8-9,20H2,1H3,(H,23,24). The number of benzene rings is 1. The average Bonchev–Trinajstić information content (AvgIpc) is 2.57. The fourth-order valence-electron chi connectivity index (χ4n) is 2.74. The second kappa shape index (κ2) is 7.05. The van der Waals surface area contributed by atoms with Gasteiger partial charge in [0.2, 0.25) is 0 Å². The van der Waals surface area contributed by atoms with Crippen LogP contribution in [0.1, 0.15) is 23.0 Å². The molecule has 1 fully saturated rings. The van der Waals surface area contributed by atoms with Gasteiger partial charge in [0.25, 0.3) is 5.91 Å². The number of nitrogens with zero attached hydrogens (tertiary/aromatic N) is 1. The molecule has 1 amide bonds. The molecule has 3 rings (SSSR count). The zero-order valence-electron chi connectivity index (χ0n) is 13.6. The third-order valence-corrected chi connectivity index (χ3v) is 4.20. The van der Waals surface area contributed by atoms with E-state index in [4.69, 9.17) is 22.1 Å². The Morgan fingerprint density at radius 1 is 1.48 bits per heavy atom. The van der Waals surface area contributed by atoms with E-state index >= 15 is 0 Å². The number of pyridine rings is 1. The summed E-state index contributed by atoms with van der Waals surface area (Å²) in [5, 5.41) is 6.25. The van der Waals surface area contributed by atoms with Gasteiger partial charge in [0.1, 0.15) is 23.3 Å². The summed E-state index contributed by atoms with van der Waals surface area (Å²) < 4.78 is 20.1. The van der Waals surface area contributed by atoms with Crippen LogP contribution >= 0.6 is 11.6 Å². The second-order valence-electron chi connectivity index (χ2n) is 6.03. The number of carbonyl (C=O) groups is 1. The fraction of sp³-hybridized carbons (Fsp3) is 0.294. The highest BCUT2D eigenvalue weighted by molar-refractivity contribution is 6.30. The van der Waals surface area contributed by atoms with Gasteiger partial charge < -0.3 is 21.1 Å². The van der Waals surface area contributed by atoms with E-state index in [0.717, 1.165) is 0 Å².